The first-order chi connectivity index (χ1) is 4.97. The first-order valence-corrected chi connectivity index (χ1v) is 3.95. The predicted molar refractivity (Wildman–Crippen MR) is 41.9 cm³/mol. The molecule has 2 rings (SSSR count). The Morgan fingerprint density at radius 1 is 1.09 bits per heavy atom. The second-order valence-corrected chi connectivity index (χ2v) is 2.90. The van der Waals surface area contributed by atoms with E-state index in [0.717, 1.165) is 0 Å². The molecule has 11 heavy (non-hydrogen) atoms. The van der Waals surface area contributed by atoms with Crippen LogP contribution in [0.15, 0.2) is 18.2 Å². The molecule has 1 aromatic rings. The summed E-state index contributed by atoms with van der Waals surface area (Å²) in [7, 11) is 0. The van der Waals surface area contributed by atoms with Crippen LogP contribution in [0.4, 0.5) is 0 Å². The largest absolute Gasteiger partial charge is 1.00 e. The zero-order chi connectivity index (χ0) is 6.81. The van der Waals surface area contributed by atoms with Crippen molar-refractivity contribution in [1.29, 1.82) is 0 Å². The second kappa shape index (κ2) is 4.00. The van der Waals surface area contributed by atoms with Gasteiger partial charge in [-0.05, 0) is 0 Å². The molecular weight excluding hydrogens is 127 g/mol. The Kier molecular flexibility index (Phi) is 3.24. The van der Waals surface area contributed by atoms with E-state index in [9.17, 15) is 0 Å². The Balaban J connectivity index is 0.000000605. The van der Waals surface area contributed by atoms with Crippen LogP contribution in [0, 0.1) is 6.07 Å². The summed E-state index contributed by atoms with van der Waals surface area (Å²) in [6, 6.07) is 9.47. The average Bonchev–Trinajstić information content (AvgIpc) is 2.05. The van der Waals surface area contributed by atoms with Crippen molar-refractivity contribution in [2.45, 2.75) is 25.7 Å². The molecule has 0 nitrogen and oxygen atoms in total. The Morgan fingerprint density at radius 3 is 2.55 bits per heavy atom. The van der Waals surface area contributed by atoms with Gasteiger partial charge in [0.2, 0.25) is 0 Å². The summed E-state index contributed by atoms with van der Waals surface area (Å²) >= 11 is 0. The fourth-order valence-corrected chi connectivity index (χ4v) is 1.60. The van der Waals surface area contributed by atoms with Crippen molar-refractivity contribution >= 4 is 0 Å². The third-order valence-corrected chi connectivity index (χ3v) is 2.19. The molecule has 0 N–H and O–H groups in total. The third kappa shape index (κ3) is 1.89. The molecule has 0 spiro atoms. The van der Waals surface area contributed by atoms with E-state index in [1.807, 2.05) is 6.07 Å². The van der Waals surface area contributed by atoms with Gasteiger partial charge in [-0.25, -0.2) is 0 Å². The molecule has 0 aliphatic heterocycles. The van der Waals surface area contributed by atoms with Crippen molar-refractivity contribution in [3.8, 4) is 0 Å². The minimum absolute atomic E-state index is 0. The van der Waals surface area contributed by atoms with Crippen LogP contribution >= 0.6 is 0 Å². The summed E-state index contributed by atoms with van der Waals surface area (Å²) < 4.78 is 0. The maximum Gasteiger partial charge on any atom is 1.00 e. The molecule has 0 bridgehead atoms. The zero-order valence-corrected chi connectivity index (χ0v) is 7.06. The van der Waals surface area contributed by atoms with E-state index in [1.165, 1.54) is 31.2 Å². The molecule has 0 fully saturated rings. The van der Waals surface area contributed by atoms with E-state index < -0.39 is 0 Å². The standard InChI is InChI=1S/C10H11.Li/c1-2-6-10-8-4-3-7-9(10)5-1;/h1,5-6H,3-4,7-8H2;/q-1;+1. The summed E-state index contributed by atoms with van der Waals surface area (Å²) in [4.78, 5) is 0. The Labute approximate surface area is 80.2 Å². The average molecular weight is 138 g/mol. The quantitative estimate of drug-likeness (QED) is 0.331. The van der Waals surface area contributed by atoms with E-state index in [-0.39, 0.29) is 18.9 Å². The normalized spacial score (nSPS) is 14.9. The Morgan fingerprint density at radius 2 is 1.82 bits per heavy atom. The van der Waals surface area contributed by atoms with Gasteiger partial charge < -0.3 is 0 Å². The molecule has 1 aromatic carbocycles. The summed E-state index contributed by atoms with van der Waals surface area (Å²) in [6.07, 6.45) is 5.29. The van der Waals surface area contributed by atoms with E-state index in [4.69, 9.17) is 0 Å². The molecule has 1 aliphatic carbocycles. The van der Waals surface area contributed by atoms with Crippen molar-refractivity contribution in [3.05, 3.63) is 35.4 Å². The number of hydrogen-bond donors (Lipinski definition) is 0. The minimum atomic E-state index is 0. The van der Waals surface area contributed by atoms with E-state index >= 15 is 0 Å². The van der Waals surface area contributed by atoms with Gasteiger partial charge in [0.1, 0.15) is 0 Å². The van der Waals surface area contributed by atoms with Crippen LogP contribution in [0.1, 0.15) is 24.0 Å². The maximum atomic E-state index is 3.12. The number of hydrogen-bond acceptors (Lipinski definition) is 0. The molecule has 0 atom stereocenters. The van der Waals surface area contributed by atoms with Crippen molar-refractivity contribution in [2.75, 3.05) is 0 Å². The second-order valence-electron chi connectivity index (χ2n) is 2.90. The van der Waals surface area contributed by atoms with Crippen LogP contribution in [0.5, 0.6) is 0 Å². The molecular formula is C10H11Li. The van der Waals surface area contributed by atoms with Crippen LogP contribution in [0.3, 0.4) is 0 Å². The first-order valence-electron chi connectivity index (χ1n) is 3.95. The van der Waals surface area contributed by atoms with Crippen LogP contribution in [-0.2, 0) is 12.8 Å². The van der Waals surface area contributed by atoms with E-state index in [0.29, 0.717) is 0 Å². The van der Waals surface area contributed by atoms with Crippen molar-refractivity contribution < 1.29 is 18.9 Å². The molecule has 0 aromatic heterocycles. The number of aryl methyl sites for hydroxylation is 2. The van der Waals surface area contributed by atoms with Crippen LogP contribution < -0.4 is 18.9 Å². The van der Waals surface area contributed by atoms with Gasteiger partial charge in [-0.2, -0.15) is 35.4 Å². The molecule has 0 unspecified atom stereocenters. The monoisotopic (exact) mass is 138 g/mol. The summed E-state index contributed by atoms with van der Waals surface area (Å²) in [5.41, 5.74) is 3.07. The number of fused-ring (bicyclic) bond motifs is 1. The van der Waals surface area contributed by atoms with E-state index in [2.05, 4.69) is 18.2 Å². The van der Waals surface area contributed by atoms with Gasteiger partial charge in [-0.15, -0.1) is 0 Å². The minimum Gasteiger partial charge on any atom is -0.184 e. The molecule has 52 valence electrons. The molecule has 0 radical (unpaired) electrons. The number of rotatable bonds is 0. The van der Waals surface area contributed by atoms with Gasteiger partial charge >= 0.3 is 18.9 Å². The number of benzene rings is 1. The van der Waals surface area contributed by atoms with Crippen molar-refractivity contribution in [1.82, 2.24) is 0 Å². The molecule has 0 amide bonds. The van der Waals surface area contributed by atoms with Crippen LogP contribution in [-0.4, -0.2) is 0 Å². The van der Waals surface area contributed by atoms with Gasteiger partial charge in [0.15, 0.2) is 0 Å². The summed E-state index contributed by atoms with van der Waals surface area (Å²) in [5.74, 6) is 0. The third-order valence-electron chi connectivity index (χ3n) is 2.19. The van der Waals surface area contributed by atoms with Gasteiger partial charge in [-0.1, -0.05) is 25.7 Å². The molecule has 1 aliphatic rings. The summed E-state index contributed by atoms with van der Waals surface area (Å²) in [5, 5.41) is 0. The van der Waals surface area contributed by atoms with Gasteiger partial charge in [0, 0.05) is 0 Å². The SMILES string of the molecule is [Li+].[c-]1ccc2c(c1)CCCC2. The van der Waals surface area contributed by atoms with Gasteiger partial charge in [0.05, 0.1) is 0 Å². The predicted octanol–water partition coefficient (Wildman–Crippen LogP) is -0.630. The topological polar surface area (TPSA) is 0 Å². The summed E-state index contributed by atoms with van der Waals surface area (Å²) in [6.45, 7) is 0. The maximum absolute atomic E-state index is 3.12. The van der Waals surface area contributed by atoms with E-state index in [1.54, 1.807) is 5.56 Å². The molecule has 0 heterocycles. The first kappa shape index (κ1) is 8.91. The zero-order valence-electron chi connectivity index (χ0n) is 7.06. The fourth-order valence-electron chi connectivity index (χ4n) is 1.60. The smallest absolute Gasteiger partial charge is 0.184 e. The van der Waals surface area contributed by atoms with Crippen LogP contribution in [0.25, 0.3) is 0 Å². The van der Waals surface area contributed by atoms with Crippen LogP contribution in [0.2, 0.25) is 0 Å². The fraction of sp³-hybridized carbons (Fsp3) is 0.400. The van der Waals surface area contributed by atoms with Crippen molar-refractivity contribution in [2.24, 2.45) is 0 Å². The van der Waals surface area contributed by atoms with Crippen molar-refractivity contribution in [3.63, 3.8) is 0 Å². The van der Waals surface area contributed by atoms with Gasteiger partial charge in [0.25, 0.3) is 0 Å². The molecule has 0 saturated carbocycles. The molecule has 1 heteroatoms. The Bertz CT molecular complexity index is 205. The molecule has 0 saturated heterocycles. The van der Waals surface area contributed by atoms with Gasteiger partial charge in [-0.3, -0.25) is 0 Å². The Hall–Kier alpha value is -0.183.